The predicted octanol–water partition coefficient (Wildman–Crippen LogP) is 3.19. The first-order valence-corrected chi connectivity index (χ1v) is 7.70. The third-order valence-corrected chi connectivity index (χ3v) is 4.38. The lowest BCUT2D eigenvalue weighted by Crippen LogP contribution is -2.29. The zero-order valence-corrected chi connectivity index (χ0v) is 12.5. The highest BCUT2D eigenvalue weighted by Crippen LogP contribution is 2.28. The summed E-state index contributed by atoms with van der Waals surface area (Å²) in [5, 5.41) is 10.1. The normalized spacial score (nSPS) is 15.6. The van der Waals surface area contributed by atoms with E-state index in [2.05, 4.69) is 33.9 Å². The molecule has 0 atom stereocenters. The lowest BCUT2D eigenvalue weighted by atomic mass is 10.1. The lowest BCUT2D eigenvalue weighted by molar-refractivity contribution is -0.136. The molecule has 0 bridgehead atoms. The Morgan fingerprint density at radius 1 is 1.24 bits per heavy atom. The number of benzene rings is 1. The highest BCUT2D eigenvalue weighted by atomic mass is 16.4. The Morgan fingerprint density at radius 3 is 2.71 bits per heavy atom. The molecule has 21 heavy (non-hydrogen) atoms. The molecule has 1 aromatic carbocycles. The van der Waals surface area contributed by atoms with Crippen molar-refractivity contribution in [2.24, 2.45) is 7.05 Å². The largest absolute Gasteiger partial charge is 0.481 e. The highest BCUT2D eigenvalue weighted by molar-refractivity contribution is 5.87. The van der Waals surface area contributed by atoms with Crippen molar-refractivity contribution < 1.29 is 9.90 Å². The van der Waals surface area contributed by atoms with Crippen molar-refractivity contribution in [3.8, 4) is 0 Å². The van der Waals surface area contributed by atoms with E-state index in [0.29, 0.717) is 6.42 Å². The molecule has 0 amide bonds. The summed E-state index contributed by atoms with van der Waals surface area (Å²) in [5.41, 5.74) is 3.58. The highest BCUT2D eigenvalue weighted by Gasteiger charge is 2.14. The average Bonchev–Trinajstić information content (AvgIpc) is 2.82. The average molecular weight is 286 g/mol. The van der Waals surface area contributed by atoms with Gasteiger partial charge in [-0.2, -0.15) is 0 Å². The predicted molar refractivity (Wildman–Crippen MR) is 84.9 cm³/mol. The molecule has 1 aliphatic rings. The van der Waals surface area contributed by atoms with Crippen LogP contribution in [0.25, 0.3) is 10.9 Å². The van der Waals surface area contributed by atoms with E-state index in [-0.39, 0.29) is 6.42 Å². The van der Waals surface area contributed by atoms with Gasteiger partial charge < -0.3 is 14.6 Å². The fourth-order valence-corrected chi connectivity index (χ4v) is 3.25. The van der Waals surface area contributed by atoms with Crippen LogP contribution < -0.4 is 4.90 Å². The molecule has 0 aliphatic carbocycles. The van der Waals surface area contributed by atoms with Crippen LogP contribution in [-0.2, 0) is 18.3 Å². The van der Waals surface area contributed by atoms with Crippen LogP contribution in [-0.4, -0.2) is 28.7 Å². The van der Waals surface area contributed by atoms with Crippen molar-refractivity contribution in [3.63, 3.8) is 0 Å². The Labute approximate surface area is 125 Å². The fourth-order valence-electron chi connectivity index (χ4n) is 3.25. The van der Waals surface area contributed by atoms with Gasteiger partial charge in [0.25, 0.3) is 0 Å². The molecule has 2 aromatic rings. The molecular weight excluding hydrogens is 264 g/mol. The third kappa shape index (κ3) is 2.89. The number of carboxylic acid groups (broad SMARTS) is 1. The molecule has 0 radical (unpaired) electrons. The molecule has 1 aliphatic heterocycles. The molecule has 0 spiro atoms. The van der Waals surface area contributed by atoms with Crippen LogP contribution in [0.5, 0.6) is 0 Å². The van der Waals surface area contributed by atoms with Crippen molar-refractivity contribution in [3.05, 3.63) is 30.0 Å². The Balaban J connectivity index is 1.94. The van der Waals surface area contributed by atoms with Crippen molar-refractivity contribution in [1.29, 1.82) is 0 Å². The maximum Gasteiger partial charge on any atom is 0.303 e. The summed E-state index contributed by atoms with van der Waals surface area (Å²) in [4.78, 5) is 13.3. The second-order valence-electron chi connectivity index (χ2n) is 5.91. The molecule has 1 aromatic heterocycles. The number of carbonyl (C=O) groups is 1. The SMILES string of the molecule is Cn1cc(CCC(=O)O)c2cc(N3CCCCC3)ccc21. The van der Waals surface area contributed by atoms with Gasteiger partial charge in [-0.1, -0.05) is 0 Å². The standard InChI is InChI=1S/C17H22N2O2/c1-18-12-13(5-8-17(20)21)15-11-14(6-7-16(15)18)19-9-3-2-4-10-19/h6-7,11-12H,2-5,8-10H2,1H3,(H,20,21). The molecule has 4 heteroatoms. The van der Waals surface area contributed by atoms with E-state index in [1.807, 2.05) is 7.05 Å². The monoisotopic (exact) mass is 286 g/mol. The number of carboxylic acids is 1. The van der Waals surface area contributed by atoms with E-state index in [0.717, 1.165) is 18.7 Å². The van der Waals surface area contributed by atoms with Gasteiger partial charge in [0.2, 0.25) is 0 Å². The summed E-state index contributed by atoms with van der Waals surface area (Å²) < 4.78 is 2.09. The first-order chi connectivity index (χ1) is 10.1. The van der Waals surface area contributed by atoms with Crippen molar-refractivity contribution in [1.82, 2.24) is 4.57 Å². The summed E-state index contributed by atoms with van der Waals surface area (Å²) in [7, 11) is 2.02. The maximum atomic E-state index is 10.8. The minimum absolute atomic E-state index is 0.188. The molecule has 2 heterocycles. The Bertz CT molecular complexity index is 654. The van der Waals surface area contributed by atoms with Gasteiger partial charge in [-0.15, -0.1) is 0 Å². The number of hydrogen-bond donors (Lipinski definition) is 1. The van der Waals surface area contributed by atoms with Crippen molar-refractivity contribution >= 4 is 22.6 Å². The Hall–Kier alpha value is -1.97. The fraction of sp³-hybridized carbons (Fsp3) is 0.471. The van der Waals surface area contributed by atoms with E-state index < -0.39 is 5.97 Å². The minimum Gasteiger partial charge on any atom is -0.481 e. The zero-order valence-electron chi connectivity index (χ0n) is 12.5. The second-order valence-corrected chi connectivity index (χ2v) is 5.91. The van der Waals surface area contributed by atoms with Crippen LogP contribution in [0.3, 0.4) is 0 Å². The summed E-state index contributed by atoms with van der Waals surface area (Å²) in [6.07, 6.45) is 6.70. The summed E-state index contributed by atoms with van der Waals surface area (Å²) in [6.45, 7) is 2.26. The van der Waals surface area contributed by atoms with Gasteiger partial charge in [0.1, 0.15) is 0 Å². The van der Waals surface area contributed by atoms with Gasteiger partial charge in [-0.25, -0.2) is 0 Å². The number of rotatable bonds is 4. The smallest absolute Gasteiger partial charge is 0.303 e. The topological polar surface area (TPSA) is 45.5 Å². The molecule has 112 valence electrons. The molecule has 1 N–H and O–H groups in total. The number of aryl methyl sites for hydroxylation is 2. The summed E-state index contributed by atoms with van der Waals surface area (Å²) >= 11 is 0. The van der Waals surface area contributed by atoms with Crippen LogP contribution >= 0.6 is 0 Å². The van der Waals surface area contributed by atoms with E-state index in [9.17, 15) is 4.79 Å². The van der Waals surface area contributed by atoms with E-state index in [1.54, 1.807) is 0 Å². The number of piperidine rings is 1. The number of fused-ring (bicyclic) bond motifs is 1. The first kappa shape index (κ1) is 14.0. The number of hydrogen-bond acceptors (Lipinski definition) is 2. The molecular formula is C17H22N2O2. The number of aromatic nitrogens is 1. The van der Waals surface area contributed by atoms with E-state index >= 15 is 0 Å². The van der Waals surface area contributed by atoms with Gasteiger partial charge in [0.15, 0.2) is 0 Å². The number of aliphatic carboxylic acids is 1. The van der Waals surface area contributed by atoms with Crippen LogP contribution in [0.15, 0.2) is 24.4 Å². The molecule has 4 nitrogen and oxygen atoms in total. The van der Waals surface area contributed by atoms with Crippen LogP contribution in [0.1, 0.15) is 31.2 Å². The third-order valence-electron chi connectivity index (χ3n) is 4.38. The molecule has 3 rings (SSSR count). The Morgan fingerprint density at radius 2 is 2.00 bits per heavy atom. The van der Waals surface area contributed by atoms with Crippen LogP contribution in [0, 0.1) is 0 Å². The minimum atomic E-state index is -0.737. The van der Waals surface area contributed by atoms with Gasteiger partial charge in [0.05, 0.1) is 0 Å². The quantitative estimate of drug-likeness (QED) is 0.939. The number of nitrogens with zero attached hydrogens (tertiary/aromatic N) is 2. The van der Waals surface area contributed by atoms with Gasteiger partial charge >= 0.3 is 5.97 Å². The van der Waals surface area contributed by atoms with E-state index in [1.165, 1.54) is 35.9 Å². The number of anilines is 1. The molecule has 1 fully saturated rings. The molecule has 0 saturated carbocycles. The van der Waals surface area contributed by atoms with Crippen LogP contribution in [0.2, 0.25) is 0 Å². The Kier molecular flexibility index (Phi) is 3.86. The maximum absolute atomic E-state index is 10.8. The first-order valence-electron chi connectivity index (χ1n) is 7.70. The molecule has 1 saturated heterocycles. The van der Waals surface area contributed by atoms with Crippen molar-refractivity contribution in [2.45, 2.75) is 32.1 Å². The summed E-state index contributed by atoms with van der Waals surface area (Å²) in [6, 6.07) is 6.58. The van der Waals surface area contributed by atoms with Crippen LogP contribution in [0.4, 0.5) is 5.69 Å². The molecule has 0 unspecified atom stereocenters. The zero-order chi connectivity index (χ0) is 14.8. The van der Waals surface area contributed by atoms with Gasteiger partial charge in [-0.05, 0) is 49.4 Å². The lowest BCUT2D eigenvalue weighted by Gasteiger charge is -2.29. The van der Waals surface area contributed by atoms with E-state index in [4.69, 9.17) is 5.11 Å². The van der Waals surface area contributed by atoms with Gasteiger partial charge in [0, 0.05) is 49.3 Å². The van der Waals surface area contributed by atoms with Gasteiger partial charge in [-0.3, -0.25) is 4.79 Å². The second kappa shape index (κ2) is 5.80. The van der Waals surface area contributed by atoms with Crippen molar-refractivity contribution in [2.75, 3.05) is 18.0 Å². The summed E-state index contributed by atoms with van der Waals surface area (Å²) in [5.74, 6) is -0.737.